The summed E-state index contributed by atoms with van der Waals surface area (Å²) in [6.07, 6.45) is -1.01. The van der Waals surface area contributed by atoms with Gasteiger partial charge in [-0.2, -0.15) is 5.26 Å². The Kier molecular flexibility index (Phi) is 5.34. The van der Waals surface area contributed by atoms with Gasteiger partial charge >= 0.3 is 5.97 Å². The van der Waals surface area contributed by atoms with Crippen molar-refractivity contribution in [1.29, 1.82) is 5.26 Å². The van der Waals surface area contributed by atoms with Gasteiger partial charge in [-0.25, -0.2) is 4.79 Å². The molecular weight excluding hydrogens is 316 g/mol. The van der Waals surface area contributed by atoms with Gasteiger partial charge in [-0.3, -0.25) is 4.79 Å². The highest BCUT2D eigenvalue weighted by atomic mass is 35.5. The Morgan fingerprint density at radius 2 is 1.83 bits per heavy atom. The molecule has 23 heavy (non-hydrogen) atoms. The number of hydrogen-bond donors (Lipinski definition) is 1. The maximum atomic E-state index is 12.1. The van der Waals surface area contributed by atoms with Crippen LogP contribution >= 0.6 is 11.6 Å². The van der Waals surface area contributed by atoms with Gasteiger partial charge in [-0.05, 0) is 43.3 Å². The average molecular weight is 329 g/mol. The SMILES string of the molecule is CC(OC(=O)c1ccc(Cl)cc1)C(=O)Nc1ccccc1C#N. The van der Waals surface area contributed by atoms with Crippen LogP contribution in [0, 0.1) is 11.3 Å². The van der Waals surface area contributed by atoms with Crippen molar-refractivity contribution in [1.82, 2.24) is 0 Å². The highest BCUT2D eigenvalue weighted by Gasteiger charge is 2.19. The standard InChI is InChI=1S/C17H13ClN2O3/c1-11(23-17(22)12-6-8-14(18)9-7-12)16(21)20-15-5-3-2-4-13(15)10-19/h2-9,11H,1H3,(H,20,21). The molecule has 0 aromatic heterocycles. The molecule has 2 aromatic rings. The van der Waals surface area contributed by atoms with Crippen LogP contribution in [0.15, 0.2) is 48.5 Å². The first-order valence-corrected chi connectivity index (χ1v) is 7.15. The van der Waals surface area contributed by atoms with Crippen molar-refractivity contribution < 1.29 is 14.3 Å². The van der Waals surface area contributed by atoms with Gasteiger partial charge in [0.25, 0.3) is 5.91 Å². The van der Waals surface area contributed by atoms with Gasteiger partial charge in [0.15, 0.2) is 6.10 Å². The first kappa shape index (κ1) is 16.5. The third-order valence-electron chi connectivity index (χ3n) is 3.04. The van der Waals surface area contributed by atoms with Gasteiger partial charge in [0.05, 0.1) is 16.8 Å². The van der Waals surface area contributed by atoms with Crippen molar-refractivity contribution in [3.63, 3.8) is 0 Å². The average Bonchev–Trinajstić information content (AvgIpc) is 2.55. The molecule has 0 saturated heterocycles. The van der Waals surface area contributed by atoms with Crippen LogP contribution in [0.25, 0.3) is 0 Å². The molecule has 0 fully saturated rings. The van der Waals surface area contributed by atoms with E-state index in [2.05, 4.69) is 5.32 Å². The first-order valence-electron chi connectivity index (χ1n) is 6.78. The van der Waals surface area contributed by atoms with Crippen LogP contribution in [0.2, 0.25) is 5.02 Å². The number of rotatable bonds is 4. The van der Waals surface area contributed by atoms with Crippen LogP contribution in [0.5, 0.6) is 0 Å². The number of anilines is 1. The van der Waals surface area contributed by atoms with E-state index in [-0.39, 0.29) is 0 Å². The lowest BCUT2D eigenvalue weighted by Crippen LogP contribution is -2.30. The fourth-order valence-corrected chi connectivity index (χ4v) is 1.92. The van der Waals surface area contributed by atoms with Gasteiger partial charge < -0.3 is 10.1 Å². The molecule has 1 N–H and O–H groups in total. The Labute approximate surface area is 138 Å². The maximum absolute atomic E-state index is 12.1. The number of hydrogen-bond acceptors (Lipinski definition) is 4. The third kappa shape index (κ3) is 4.31. The van der Waals surface area contributed by atoms with Crippen LogP contribution < -0.4 is 5.32 Å². The number of nitriles is 1. The fourth-order valence-electron chi connectivity index (χ4n) is 1.79. The molecule has 0 aliphatic heterocycles. The Morgan fingerprint density at radius 1 is 1.17 bits per heavy atom. The van der Waals surface area contributed by atoms with E-state index in [0.29, 0.717) is 21.8 Å². The lowest BCUT2D eigenvalue weighted by atomic mass is 10.2. The number of carbonyl (C=O) groups excluding carboxylic acids is 2. The summed E-state index contributed by atoms with van der Waals surface area (Å²) in [6.45, 7) is 1.46. The molecule has 0 spiro atoms. The molecule has 2 rings (SSSR count). The molecule has 0 aliphatic carbocycles. The summed E-state index contributed by atoms with van der Waals surface area (Å²) in [6, 6.07) is 14.7. The second-order valence-corrected chi connectivity index (χ2v) is 5.14. The minimum absolute atomic E-state index is 0.298. The number of amides is 1. The zero-order valence-corrected chi connectivity index (χ0v) is 13.0. The van der Waals surface area contributed by atoms with Gasteiger partial charge in [0, 0.05) is 5.02 Å². The molecule has 5 nitrogen and oxygen atoms in total. The highest BCUT2D eigenvalue weighted by Crippen LogP contribution is 2.15. The minimum atomic E-state index is -1.01. The summed E-state index contributed by atoms with van der Waals surface area (Å²) >= 11 is 5.75. The highest BCUT2D eigenvalue weighted by molar-refractivity contribution is 6.30. The van der Waals surface area contributed by atoms with Gasteiger partial charge in [-0.15, -0.1) is 0 Å². The number of ether oxygens (including phenoxy) is 1. The van der Waals surface area contributed by atoms with Crippen molar-refractivity contribution in [2.45, 2.75) is 13.0 Å². The van der Waals surface area contributed by atoms with Crippen LogP contribution in [0.4, 0.5) is 5.69 Å². The Hall–Kier alpha value is -2.84. The van der Waals surface area contributed by atoms with Gasteiger partial charge in [-0.1, -0.05) is 23.7 Å². The predicted octanol–water partition coefficient (Wildman–Crippen LogP) is 3.40. The summed E-state index contributed by atoms with van der Waals surface area (Å²) in [5.74, 6) is -1.15. The van der Waals surface area contributed by atoms with E-state index in [0.717, 1.165) is 0 Å². The fraction of sp³-hybridized carbons (Fsp3) is 0.118. The number of nitrogens with zero attached hydrogens (tertiary/aromatic N) is 1. The monoisotopic (exact) mass is 328 g/mol. The molecule has 0 saturated carbocycles. The molecule has 116 valence electrons. The molecule has 6 heteroatoms. The van der Waals surface area contributed by atoms with Gasteiger partial charge in [0.2, 0.25) is 0 Å². The van der Waals surface area contributed by atoms with E-state index in [1.54, 1.807) is 36.4 Å². The predicted molar refractivity (Wildman–Crippen MR) is 86.1 cm³/mol. The molecule has 1 amide bonds. The van der Waals surface area contributed by atoms with Crippen LogP contribution in [-0.2, 0) is 9.53 Å². The van der Waals surface area contributed by atoms with E-state index in [1.165, 1.54) is 19.1 Å². The summed E-state index contributed by atoms with van der Waals surface area (Å²) in [4.78, 5) is 24.0. The number of para-hydroxylation sites is 1. The van der Waals surface area contributed by atoms with Crippen molar-refractivity contribution in [3.05, 3.63) is 64.7 Å². The molecule has 1 atom stereocenters. The summed E-state index contributed by atoms with van der Waals surface area (Å²) in [7, 11) is 0. The minimum Gasteiger partial charge on any atom is -0.449 e. The van der Waals surface area contributed by atoms with Crippen LogP contribution in [0.3, 0.4) is 0 Å². The summed E-state index contributed by atoms with van der Waals surface area (Å²) < 4.78 is 5.11. The second kappa shape index (κ2) is 7.43. The van der Waals surface area contributed by atoms with E-state index in [9.17, 15) is 9.59 Å². The van der Waals surface area contributed by atoms with E-state index in [1.807, 2.05) is 6.07 Å². The van der Waals surface area contributed by atoms with E-state index < -0.39 is 18.0 Å². The second-order valence-electron chi connectivity index (χ2n) is 4.70. The van der Waals surface area contributed by atoms with Crippen molar-refractivity contribution in [2.24, 2.45) is 0 Å². The lowest BCUT2D eigenvalue weighted by molar-refractivity contribution is -0.123. The van der Waals surface area contributed by atoms with Crippen molar-refractivity contribution in [3.8, 4) is 6.07 Å². The lowest BCUT2D eigenvalue weighted by Gasteiger charge is -2.14. The molecular formula is C17H13ClN2O3. The Bertz CT molecular complexity index is 766. The number of benzene rings is 2. The smallest absolute Gasteiger partial charge is 0.338 e. The van der Waals surface area contributed by atoms with Crippen LogP contribution in [0.1, 0.15) is 22.8 Å². The molecule has 2 aromatic carbocycles. The Balaban J connectivity index is 2.01. The molecule has 0 heterocycles. The molecule has 0 radical (unpaired) electrons. The normalized spacial score (nSPS) is 11.2. The third-order valence-corrected chi connectivity index (χ3v) is 3.29. The number of esters is 1. The maximum Gasteiger partial charge on any atom is 0.338 e. The molecule has 0 bridgehead atoms. The van der Waals surface area contributed by atoms with Gasteiger partial charge in [0.1, 0.15) is 6.07 Å². The zero-order chi connectivity index (χ0) is 16.8. The summed E-state index contributed by atoms with van der Waals surface area (Å²) in [5, 5.41) is 12.1. The number of carbonyl (C=O) groups is 2. The largest absolute Gasteiger partial charge is 0.449 e. The van der Waals surface area contributed by atoms with Crippen LogP contribution in [-0.4, -0.2) is 18.0 Å². The number of halogens is 1. The quantitative estimate of drug-likeness (QED) is 0.872. The van der Waals surface area contributed by atoms with Crippen molar-refractivity contribution in [2.75, 3.05) is 5.32 Å². The van der Waals surface area contributed by atoms with E-state index in [4.69, 9.17) is 21.6 Å². The molecule has 1 unspecified atom stereocenters. The van der Waals surface area contributed by atoms with Crippen molar-refractivity contribution >= 4 is 29.2 Å². The first-order chi connectivity index (χ1) is 11.0. The Morgan fingerprint density at radius 3 is 2.48 bits per heavy atom. The van der Waals surface area contributed by atoms with E-state index >= 15 is 0 Å². The molecule has 0 aliphatic rings. The topological polar surface area (TPSA) is 79.2 Å². The summed E-state index contributed by atoms with van der Waals surface area (Å²) in [5.41, 5.74) is 0.998. The zero-order valence-electron chi connectivity index (χ0n) is 12.2. The number of nitrogens with one attached hydrogen (secondary N) is 1.